The van der Waals surface area contributed by atoms with Crippen LogP contribution < -0.4 is 5.69 Å². The van der Waals surface area contributed by atoms with Crippen molar-refractivity contribution >= 4 is 23.4 Å². The van der Waals surface area contributed by atoms with Crippen LogP contribution in [0.2, 0.25) is 5.02 Å². The zero-order valence-electron chi connectivity index (χ0n) is 12.8. The second kappa shape index (κ2) is 7.15. The van der Waals surface area contributed by atoms with Crippen molar-refractivity contribution in [2.45, 2.75) is 6.54 Å². The molecule has 0 unspecified atom stereocenters. The van der Waals surface area contributed by atoms with Crippen molar-refractivity contribution in [3.63, 3.8) is 0 Å². The van der Waals surface area contributed by atoms with Crippen LogP contribution in [0.5, 0.6) is 0 Å². The minimum atomic E-state index is -0.421. The summed E-state index contributed by atoms with van der Waals surface area (Å²) < 4.78 is 1.44. The lowest BCUT2D eigenvalue weighted by Gasteiger charge is -2.07. The number of rotatable bonds is 4. The average molecular weight is 339 g/mol. The van der Waals surface area contributed by atoms with Crippen LogP contribution in [-0.4, -0.2) is 14.7 Å². The van der Waals surface area contributed by atoms with Crippen LogP contribution in [-0.2, 0) is 6.54 Å². The first-order chi connectivity index (χ1) is 11.6. The lowest BCUT2D eigenvalue weighted by Crippen LogP contribution is -2.23. The Morgan fingerprint density at radius 2 is 1.71 bits per heavy atom. The minimum Gasteiger partial charge on any atom is -0.507 e. The molecular formula is C19H15ClN2O2. The smallest absolute Gasteiger partial charge is 0.348 e. The second-order valence-corrected chi connectivity index (χ2v) is 5.67. The molecule has 0 radical (unpaired) electrons. The van der Waals surface area contributed by atoms with E-state index in [2.05, 4.69) is 4.98 Å². The van der Waals surface area contributed by atoms with Gasteiger partial charge < -0.3 is 5.11 Å². The SMILES string of the molecule is O=c1nc(/C=C(\O)c2ccccc2)c(Cl)cn1Cc1ccccc1. The number of aromatic nitrogens is 2. The number of halogens is 1. The lowest BCUT2D eigenvalue weighted by atomic mass is 10.1. The first-order valence-corrected chi connectivity index (χ1v) is 7.78. The first-order valence-electron chi connectivity index (χ1n) is 7.40. The van der Waals surface area contributed by atoms with Gasteiger partial charge in [0.05, 0.1) is 17.3 Å². The zero-order valence-corrected chi connectivity index (χ0v) is 13.5. The van der Waals surface area contributed by atoms with Gasteiger partial charge in [-0.1, -0.05) is 72.3 Å². The number of hydrogen-bond donors (Lipinski definition) is 1. The van der Waals surface area contributed by atoms with Gasteiger partial charge in [0.25, 0.3) is 0 Å². The van der Waals surface area contributed by atoms with Crippen molar-refractivity contribution in [1.29, 1.82) is 0 Å². The quantitative estimate of drug-likeness (QED) is 0.731. The van der Waals surface area contributed by atoms with Gasteiger partial charge in [0.1, 0.15) is 5.76 Å². The molecule has 2 aromatic carbocycles. The van der Waals surface area contributed by atoms with Gasteiger partial charge in [0, 0.05) is 17.8 Å². The molecule has 120 valence electrons. The fourth-order valence-corrected chi connectivity index (χ4v) is 2.51. The Morgan fingerprint density at radius 1 is 1.08 bits per heavy atom. The molecule has 0 bridgehead atoms. The van der Waals surface area contributed by atoms with Gasteiger partial charge >= 0.3 is 5.69 Å². The monoisotopic (exact) mass is 338 g/mol. The molecule has 0 spiro atoms. The van der Waals surface area contributed by atoms with E-state index in [1.54, 1.807) is 12.1 Å². The summed E-state index contributed by atoms with van der Waals surface area (Å²) in [5.41, 5.74) is 1.43. The van der Waals surface area contributed by atoms with Gasteiger partial charge in [0.15, 0.2) is 0 Å². The largest absolute Gasteiger partial charge is 0.507 e. The number of aliphatic hydroxyl groups excluding tert-OH is 1. The molecule has 3 rings (SSSR count). The zero-order chi connectivity index (χ0) is 16.9. The Hall–Kier alpha value is -2.85. The molecular weight excluding hydrogens is 324 g/mol. The van der Waals surface area contributed by atoms with Crippen molar-refractivity contribution in [2.75, 3.05) is 0 Å². The number of aliphatic hydroxyl groups is 1. The first kappa shape index (κ1) is 16.0. The fraction of sp³-hybridized carbons (Fsp3) is 0.0526. The van der Waals surface area contributed by atoms with Crippen LogP contribution in [0.1, 0.15) is 16.8 Å². The van der Waals surface area contributed by atoms with Crippen LogP contribution in [0.4, 0.5) is 0 Å². The highest BCUT2D eigenvalue weighted by atomic mass is 35.5. The third-order valence-corrected chi connectivity index (χ3v) is 3.81. The molecule has 1 N–H and O–H groups in total. The standard InChI is InChI=1S/C19H15ClN2O2/c20-16-13-22(12-14-7-3-1-4-8-14)19(24)21-17(16)11-18(23)15-9-5-2-6-10-15/h1-11,13,23H,12H2/b18-11-. The Labute approximate surface area is 144 Å². The molecule has 24 heavy (non-hydrogen) atoms. The third kappa shape index (κ3) is 3.73. The molecule has 0 aliphatic carbocycles. The van der Waals surface area contributed by atoms with E-state index >= 15 is 0 Å². The highest BCUT2D eigenvalue weighted by Crippen LogP contribution is 2.19. The predicted octanol–water partition coefficient (Wildman–Crippen LogP) is 4.00. The van der Waals surface area contributed by atoms with Crippen LogP contribution >= 0.6 is 11.6 Å². The average Bonchev–Trinajstić information content (AvgIpc) is 2.61. The van der Waals surface area contributed by atoms with E-state index in [1.807, 2.05) is 48.5 Å². The van der Waals surface area contributed by atoms with E-state index in [1.165, 1.54) is 16.8 Å². The van der Waals surface area contributed by atoms with E-state index in [9.17, 15) is 9.90 Å². The summed E-state index contributed by atoms with van der Waals surface area (Å²) in [6, 6.07) is 18.6. The summed E-state index contributed by atoms with van der Waals surface area (Å²) in [4.78, 5) is 16.2. The highest BCUT2D eigenvalue weighted by Gasteiger charge is 2.08. The lowest BCUT2D eigenvalue weighted by molar-refractivity contribution is 0.515. The molecule has 5 heteroatoms. The topological polar surface area (TPSA) is 55.1 Å². The Morgan fingerprint density at radius 3 is 2.38 bits per heavy atom. The molecule has 1 heterocycles. The van der Waals surface area contributed by atoms with Gasteiger partial charge in [0.2, 0.25) is 0 Å². The van der Waals surface area contributed by atoms with Crippen LogP contribution in [0, 0.1) is 0 Å². The Bertz CT molecular complexity index is 919. The van der Waals surface area contributed by atoms with Crippen molar-refractivity contribution in [3.8, 4) is 0 Å². The summed E-state index contributed by atoms with van der Waals surface area (Å²) in [6.45, 7) is 0.390. The summed E-state index contributed by atoms with van der Waals surface area (Å²) in [5.74, 6) is 0.00482. The van der Waals surface area contributed by atoms with E-state index < -0.39 is 5.69 Å². The summed E-state index contributed by atoms with van der Waals surface area (Å²) in [5, 5.41) is 10.4. The van der Waals surface area contributed by atoms with Crippen LogP contribution in [0.15, 0.2) is 71.7 Å². The van der Waals surface area contributed by atoms with Gasteiger partial charge in [-0.2, -0.15) is 4.98 Å². The minimum absolute atomic E-state index is 0.00482. The summed E-state index contributed by atoms with van der Waals surface area (Å²) >= 11 is 6.22. The summed E-state index contributed by atoms with van der Waals surface area (Å²) in [7, 11) is 0. The number of hydrogen-bond acceptors (Lipinski definition) is 3. The highest BCUT2D eigenvalue weighted by molar-refractivity contribution is 6.31. The summed E-state index contributed by atoms with van der Waals surface area (Å²) in [6.07, 6.45) is 2.93. The molecule has 0 aliphatic rings. The van der Waals surface area contributed by atoms with Crippen molar-refractivity contribution < 1.29 is 5.11 Å². The molecule has 0 atom stereocenters. The molecule has 4 nitrogen and oxygen atoms in total. The van der Waals surface area contributed by atoms with Gasteiger partial charge in [-0.3, -0.25) is 4.57 Å². The van der Waals surface area contributed by atoms with Gasteiger partial charge in [-0.15, -0.1) is 0 Å². The maximum Gasteiger partial charge on any atom is 0.348 e. The Kier molecular flexibility index (Phi) is 4.77. The molecule has 0 fully saturated rings. The molecule has 0 saturated carbocycles. The van der Waals surface area contributed by atoms with Crippen LogP contribution in [0.25, 0.3) is 11.8 Å². The van der Waals surface area contributed by atoms with Crippen LogP contribution in [0.3, 0.4) is 0 Å². The Balaban J connectivity index is 1.92. The van der Waals surface area contributed by atoms with Crippen molar-refractivity contribution in [1.82, 2.24) is 9.55 Å². The maximum atomic E-state index is 12.2. The van der Waals surface area contributed by atoms with E-state index in [4.69, 9.17) is 11.6 Å². The maximum absolute atomic E-state index is 12.2. The molecule has 0 saturated heterocycles. The van der Waals surface area contributed by atoms with E-state index in [-0.39, 0.29) is 11.5 Å². The van der Waals surface area contributed by atoms with Crippen molar-refractivity contribution in [2.24, 2.45) is 0 Å². The van der Waals surface area contributed by atoms with Crippen molar-refractivity contribution in [3.05, 3.63) is 99.2 Å². The predicted molar refractivity (Wildman–Crippen MR) is 96.0 cm³/mol. The van der Waals surface area contributed by atoms with E-state index in [0.29, 0.717) is 17.1 Å². The second-order valence-electron chi connectivity index (χ2n) is 5.27. The molecule has 0 aliphatic heterocycles. The van der Waals surface area contributed by atoms with Gasteiger partial charge in [-0.25, -0.2) is 4.79 Å². The fourth-order valence-electron chi connectivity index (χ4n) is 2.30. The molecule has 3 aromatic rings. The molecule has 0 amide bonds. The molecule has 1 aromatic heterocycles. The number of benzene rings is 2. The van der Waals surface area contributed by atoms with Gasteiger partial charge in [-0.05, 0) is 5.56 Å². The normalized spacial score (nSPS) is 11.5. The third-order valence-electron chi connectivity index (χ3n) is 3.51. The van der Waals surface area contributed by atoms with E-state index in [0.717, 1.165) is 5.56 Å². The number of nitrogens with zero attached hydrogens (tertiary/aromatic N) is 2.